The summed E-state index contributed by atoms with van der Waals surface area (Å²) in [5, 5.41) is 8.60. The van der Waals surface area contributed by atoms with Crippen molar-refractivity contribution in [1.82, 2.24) is 20.9 Å². The van der Waals surface area contributed by atoms with Gasteiger partial charge in [0.15, 0.2) is 0 Å². The van der Waals surface area contributed by atoms with E-state index in [2.05, 4.69) is 20.9 Å². The third-order valence-electron chi connectivity index (χ3n) is 6.76. The van der Waals surface area contributed by atoms with Crippen LogP contribution in [-0.2, 0) is 25.5 Å². The quantitative estimate of drug-likeness (QED) is 0.362. The number of benzene rings is 1. The van der Waals surface area contributed by atoms with Gasteiger partial charge >= 0.3 is 0 Å². The lowest BCUT2D eigenvalue weighted by Crippen LogP contribution is -2.57. The lowest BCUT2D eigenvalue weighted by atomic mass is 9.72. The summed E-state index contributed by atoms with van der Waals surface area (Å²) in [6, 6.07) is 8.92. The molecule has 1 aliphatic carbocycles. The molecule has 2 aliphatic rings. The van der Waals surface area contributed by atoms with Crippen molar-refractivity contribution >= 4 is 17.7 Å². The van der Waals surface area contributed by atoms with Gasteiger partial charge in [-0.3, -0.25) is 19.3 Å². The molecule has 1 atom stereocenters. The first-order chi connectivity index (χ1) is 16.0. The fraction of sp³-hybridized carbons (Fsp3) is 0.640. The Hall–Kier alpha value is -2.45. The van der Waals surface area contributed by atoms with Crippen LogP contribution < -0.4 is 16.0 Å². The van der Waals surface area contributed by atoms with Gasteiger partial charge in [-0.25, -0.2) is 0 Å². The maximum Gasteiger partial charge on any atom is 0.242 e. The van der Waals surface area contributed by atoms with E-state index >= 15 is 0 Å². The molecular formula is C25H38N4O4. The van der Waals surface area contributed by atoms with Crippen LogP contribution in [0.1, 0.15) is 44.1 Å². The summed E-state index contributed by atoms with van der Waals surface area (Å²) in [7, 11) is 1.56. The number of amides is 3. The lowest BCUT2D eigenvalue weighted by molar-refractivity contribution is -0.147. The standard InChI is InChI=1S/C25H38N4O4/c1-26-23(31)25(11-6-3-7-12-25)24(32)28-21(19-20-9-4-2-5-10-20)22(30)27-13-8-14-29-15-17-33-18-16-29/h2,4-5,9-10,21H,3,6-8,11-19H2,1H3,(H,26,31)(H,27,30)(H,28,32). The van der Waals surface area contributed by atoms with Gasteiger partial charge in [-0.1, -0.05) is 49.6 Å². The zero-order valence-electron chi connectivity index (χ0n) is 19.7. The molecule has 1 aromatic carbocycles. The second-order valence-corrected chi connectivity index (χ2v) is 9.04. The Balaban J connectivity index is 1.63. The van der Waals surface area contributed by atoms with Crippen LogP contribution in [0.5, 0.6) is 0 Å². The number of hydrogen-bond acceptors (Lipinski definition) is 5. The molecule has 0 spiro atoms. The van der Waals surface area contributed by atoms with E-state index in [1.165, 1.54) is 0 Å². The smallest absolute Gasteiger partial charge is 0.242 e. The molecule has 0 bridgehead atoms. The molecular weight excluding hydrogens is 420 g/mol. The van der Waals surface area contributed by atoms with E-state index < -0.39 is 11.5 Å². The zero-order chi connectivity index (χ0) is 23.5. The molecule has 2 fully saturated rings. The van der Waals surface area contributed by atoms with Crippen LogP contribution in [0.3, 0.4) is 0 Å². The summed E-state index contributed by atoms with van der Waals surface area (Å²) in [6.45, 7) is 4.79. The van der Waals surface area contributed by atoms with E-state index in [0.29, 0.717) is 25.8 Å². The fourth-order valence-corrected chi connectivity index (χ4v) is 4.77. The third-order valence-corrected chi connectivity index (χ3v) is 6.76. The second-order valence-electron chi connectivity index (χ2n) is 9.04. The highest BCUT2D eigenvalue weighted by atomic mass is 16.5. The molecule has 3 rings (SSSR count). The van der Waals surface area contributed by atoms with Gasteiger partial charge in [0.05, 0.1) is 13.2 Å². The molecule has 1 heterocycles. The van der Waals surface area contributed by atoms with Crippen molar-refractivity contribution in [3.8, 4) is 0 Å². The average molecular weight is 459 g/mol. The Morgan fingerprint density at radius 3 is 2.39 bits per heavy atom. The topological polar surface area (TPSA) is 99.8 Å². The Kier molecular flexibility index (Phi) is 9.69. The molecule has 8 heteroatoms. The van der Waals surface area contributed by atoms with Crippen LogP contribution in [0.4, 0.5) is 0 Å². The molecule has 1 aromatic rings. The molecule has 0 aromatic heterocycles. The van der Waals surface area contributed by atoms with Gasteiger partial charge in [0.25, 0.3) is 0 Å². The van der Waals surface area contributed by atoms with Gasteiger partial charge in [0, 0.05) is 33.1 Å². The molecule has 1 aliphatic heterocycles. The number of nitrogens with zero attached hydrogens (tertiary/aromatic N) is 1. The summed E-state index contributed by atoms with van der Waals surface area (Å²) in [5.41, 5.74) is -0.137. The van der Waals surface area contributed by atoms with E-state index in [0.717, 1.165) is 64.1 Å². The predicted molar refractivity (Wildman–Crippen MR) is 127 cm³/mol. The van der Waals surface area contributed by atoms with E-state index in [1.807, 2.05) is 30.3 Å². The average Bonchev–Trinajstić information content (AvgIpc) is 2.87. The molecule has 1 saturated heterocycles. The number of nitrogens with one attached hydrogen (secondary N) is 3. The predicted octanol–water partition coefficient (Wildman–Crippen LogP) is 1.25. The summed E-state index contributed by atoms with van der Waals surface area (Å²) < 4.78 is 5.37. The van der Waals surface area contributed by atoms with Gasteiger partial charge in [0.1, 0.15) is 11.5 Å². The molecule has 3 N–H and O–H groups in total. The van der Waals surface area contributed by atoms with Crippen LogP contribution in [0.25, 0.3) is 0 Å². The van der Waals surface area contributed by atoms with Crippen molar-refractivity contribution in [3.63, 3.8) is 0 Å². The second kappa shape index (κ2) is 12.7. The Morgan fingerprint density at radius 2 is 1.73 bits per heavy atom. The number of ether oxygens (including phenoxy) is 1. The van der Waals surface area contributed by atoms with Gasteiger partial charge in [-0.2, -0.15) is 0 Å². The minimum atomic E-state index is -1.10. The van der Waals surface area contributed by atoms with E-state index in [9.17, 15) is 14.4 Å². The Morgan fingerprint density at radius 1 is 1.03 bits per heavy atom. The Labute approximate surface area is 196 Å². The first-order valence-electron chi connectivity index (χ1n) is 12.2. The molecule has 8 nitrogen and oxygen atoms in total. The van der Waals surface area contributed by atoms with E-state index in [-0.39, 0.29) is 17.7 Å². The van der Waals surface area contributed by atoms with Crippen molar-refractivity contribution in [1.29, 1.82) is 0 Å². The molecule has 0 radical (unpaired) electrons. The molecule has 182 valence electrons. The molecule has 1 unspecified atom stereocenters. The van der Waals surface area contributed by atoms with E-state index in [1.54, 1.807) is 7.05 Å². The van der Waals surface area contributed by atoms with Gasteiger partial charge in [-0.15, -0.1) is 0 Å². The summed E-state index contributed by atoms with van der Waals surface area (Å²) in [6.07, 6.45) is 4.92. The van der Waals surface area contributed by atoms with Gasteiger partial charge in [-0.05, 0) is 31.4 Å². The van der Waals surface area contributed by atoms with Gasteiger partial charge in [0.2, 0.25) is 17.7 Å². The minimum absolute atomic E-state index is 0.211. The van der Waals surface area contributed by atoms with E-state index in [4.69, 9.17) is 4.74 Å². The molecule has 1 saturated carbocycles. The van der Waals surface area contributed by atoms with Crippen molar-refractivity contribution < 1.29 is 19.1 Å². The number of rotatable bonds is 10. The molecule has 33 heavy (non-hydrogen) atoms. The number of hydrogen-bond donors (Lipinski definition) is 3. The van der Waals surface area contributed by atoms with Crippen LogP contribution in [0.15, 0.2) is 30.3 Å². The maximum absolute atomic E-state index is 13.4. The van der Waals surface area contributed by atoms with Crippen molar-refractivity contribution in [2.45, 2.75) is 51.0 Å². The number of carbonyl (C=O) groups is 3. The van der Waals surface area contributed by atoms with Crippen molar-refractivity contribution in [2.75, 3.05) is 46.4 Å². The van der Waals surface area contributed by atoms with Crippen LogP contribution in [0.2, 0.25) is 0 Å². The highest BCUT2D eigenvalue weighted by Gasteiger charge is 2.46. The first kappa shape index (κ1) is 25.2. The summed E-state index contributed by atoms with van der Waals surface area (Å²) >= 11 is 0. The summed E-state index contributed by atoms with van der Waals surface area (Å²) in [4.78, 5) is 41.5. The normalized spacial score (nSPS) is 19.3. The summed E-state index contributed by atoms with van der Waals surface area (Å²) in [5.74, 6) is -0.813. The number of morpholine rings is 1. The highest BCUT2D eigenvalue weighted by Crippen LogP contribution is 2.37. The molecule has 3 amide bonds. The number of carbonyl (C=O) groups excluding carboxylic acids is 3. The fourth-order valence-electron chi connectivity index (χ4n) is 4.77. The Bertz CT molecular complexity index is 774. The highest BCUT2D eigenvalue weighted by molar-refractivity contribution is 6.06. The van der Waals surface area contributed by atoms with Crippen molar-refractivity contribution in [3.05, 3.63) is 35.9 Å². The minimum Gasteiger partial charge on any atom is -0.379 e. The van der Waals surface area contributed by atoms with Crippen LogP contribution in [-0.4, -0.2) is 75.1 Å². The van der Waals surface area contributed by atoms with Crippen molar-refractivity contribution in [2.24, 2.45) is 5.41 Å². The van der Waals surface area contributed by atoms with Crippen LogP contribution >= 0.6 is 0 Å². The maximum atomic E-state index is 13.4. The van der Waals surface area contributed by atoms with Crippen LogP contribution in [0, 0.1) is 5.41 Å². The SMILES string of the molecule is CNC(=O)C1(C(=O)NC(Cc2ccccc2)C(=O)NCCCN2CCOCC2)CCCCC1. The largest absolute Gasteiger partial charge is 0.379 e. The third kappa shape index (κ3) is 7.01. The first-order valence-corrected chi connectivity index (χ1v) is 12.2. The lowest BCUT2D eigenvalue weighted by Gasteiger charge is -2.35. The monoisotopic (exact) mass is 458 g/mol. The zero-order valence-corrected chi connectivity index (χ0v) is 19.7. The van der Waals surface area contributed by atoms with Gasteiger partial charge < -0.3 is 20.7 Å².